The number of nitrogens with one attached hydrogen (secondary N) is 1. The number of benzene rings is 1. The zero-order valence-corrected chi connectivity index (χ0v) is 12.4. The molecule has 1 fully saturated rings. The number of imide groups is 1. The third kappa shape index (κ3) is 2.65. The SMILES string of the molecule is O=C1CC(c2cc(Br)c3c(c2)OCCCO3)CC(=O)N1. The van der Waals surface area contributed by atoms with E-state index in [2.05, 4.69) is 21.2 Å². The fraction of sp³-hybridized carbons (Fsp3) is 0.429. The molecular weight excluding hydrogens is 326 g/mol. The molecule has 1 N–H and O–H groups in total. The predicted octanol–water partition coefficient (Wildman–Crippen LogP) is 2.13. The van der Waals surface area contributed by atoms with E-state index in [1.54, 1.807) is 0 Å². The Bertz CT molecular complexity index is 557. The predicted molar refractivity (Wildman–Crippen MR) is 74.9 cm³/mol. The van der Waals surface area contributed by atoms with Crippen molar-refractivity contribution in [3.05, 3.63) is 22.2 Å². The molecule has 2 aliphatic heterocycles. The van der Waals surface area contributed by atoms with E-state index in [0.29, 0.717) is 37.6 Å². The number of hydrogen-bond donors (Lipinski definition) is 1. The first-order chi connectivity index (χ1) is 9.63. The van der Waals surface area contributed by atoms with Gasteiger partial charge in [-0.1, -0.05) is 0 Å². The minimum Gasteiger partial charge on any atom is -0.490 e. The number of amides is 2. The summed E-state index contributed by atoms with van der Waals surface area (Å²) in [5.41, 5.74) is 0.921. The number of carbonyl (C=O) groups excluding carboxylic acids is 2. The Labute approximate surface area is 124 Å². The minimum atomic E-state index is -0.227. The second-order valence-electron chi connectivity index (χ2n) is 4.96. The third-order valence-corrected chi connectivity index (χ3v) is 4.03. The lowest BCUT2D eigenvalue weighted by Gasteiger charge is -2.22. The molecule has 2 amide bonds. The van der Waals surface area contributed by atoms with Gasteiger partial charge in [0.2, 0.25) is 11.8 Å². The molecule has 5 nitrogen and oxygen atoms in total. The van der Waals surface area contributed by atoms with E-state index in [1.807, 2.05) is 12.1 Å². The fourth-order valence-corrected chi connectivity index (χ4v) is 3.07. The molecule has 0 unspecified atom stereocenters. The van der Waals surface area contributed by atoms with Crippen molar-refractivity contribution in [1.29, 1.82) is 0 Å². The monoisotopic (exact) mass is 339 g/mol. The van der Waals surface area contributed by atoms with Gasteiger partial charge in [0.05, 0.1) is 17.7 Å². The van der Waals surface area contributed by atoms with Crippen LogP contribution in [0.4, 0.5) is 0 Å². The van der Waals surface area contributed by atoms with E-state index in [4.69, 9.17) is 9.47 Å². The molecule has 1 aromatic carbocycles. The number of ether oxygens (including phenoxy) is 2. The summed E-state index contributed by atoms with van der Waals surface area (Å²) in [6.45, 7) is 1.22. The molecule has 0 spiro atoms. The number of rotatable bonds is 1. The van der Waals surface area contributed by atoms with Crippen LogP contribution in [0.5, 0.6) is 11.5 Å². The lowest BCUT2D eigenvalue weighted by Crippen LogP contribution is -2.37. The van der Waals surface area contributed by atoms with Crippen molar-refractivity contribution < 1.29 is 19.1 Å². The lowest BCUT2D eigenvalue weighted by atomic mass is 9.89. The van der Waals surface area contributed by atoms with E-state index < -0.39 is 0 Å². The fourth-order valence-electron chi connectivity index (χ4n) is 2.50. The van der Waals surface area contributed by atoms with Gasteiger partial charge in [-0.15, -0.1) is 0 Å². The molecular formula is C14H14BrNO4. The molecule has 3 rings (SSSR count). The first-order valence-corrected chi connectivity index (χ1v) is 7.34. The van der Waals surface area contributed by atoms with Gasteiger partial charge in [-0.3, -0.25) is 14.9 Å². The average Bonchev–Trinajstić information content (AvgIpc) is 2.63. The molecule has 0 atom stereocenters. The molecule has 1 saturated heterocycles. The summed E-state index contributed by atoms with van der Waals surface area (Å²) in [6, 6.07) is 3.78. The van der Waals surface area contributed by atoms with E-state index in [0.717, 1.165) is 16.5 Å². The van der Waals surface area contributed by atoms with Gasteiger partial charge in [0.15, 0.2) is 11.5 Å². The molecule has 6 heteroatoms. The highest BCUT2D eigenvalue weighted by molar-refractivity contribution is 9.10. The molecule has 106 valence electrons. The third-order valence-electron chi connectivity index (χ3n) is 3.44. The molecule has 0 bridgehead atoms. The maximum Gasteiger partial charge on any atom is 0.227 e. The summed E-state index contributed by atoms with van der Waals surface area (Å²) in [5, 5.41) is 2.32. The van der Waals surface area contributed by atoms with E-state index in [1.165, 1.54) is 0 Å². The van der Waals surface area contributed by atoms with Crippen LogP contribution in [0.15, 0.2) is 16.6 Å². The summed E-state index contributed by atoms with van der Waals surface area (Å²) in [7, 11) is 0. The first-order valence-electron chi connectivity index (χ1n) is 6.55. The van der Waals surface area contributed by atoms with Gasteiger partial charge in [0.1, 0.15) is 0 Å². The van der Waals surface area contributed by atoms with Crippen LogP contribution in [0.2, 0.25) is 0 Å². The summed E-state index contributed by atoms with van der Waals surface area (Å²) < 4.78 is 12.1. The van der Waals surface area contributed by atoms with Gasteiger partial charge in [0, 0.05) is 25.2 Å². The number of fused-ring (bicyclic) bond motifs is 1. The Morgan fingerprint density at radius 3 is 2.55 bits per heavy atom. The molecule has 2 heterocycles. The number of halogens is 1. The average molecular weight is 340 g/mol. The van der Waals surface area contributed by atoms with Gasteiger partial charge in [-0.2, -0.15) is 0 Å². The van der Waals surface area contributed by atoms with Crippen LogP contribution in [0.3, 0.4) is 0 Å². The van der Waals surface area contributed by atoms with Crippen molar-refractivity contribution in [2.75, 3.05) is 13.2 Å². The second-order valence-corrected chi connectivity index (χ2v) is 5.81. The van der Waals surface area contributed by atoms with E-state index in [9.17, 15) is 9.59 Å². The van der Waals surface area contributed by atoms with Crippen molar-refractivity contribution >= 4 is 27.7 Å². The standard InChI is InChI=1S/C14H14BrNO4/c15-10-4-8(9-6-12(17)16-13(18)7-9)5-11-14(10)20-3-1-2-19-11/h4-5,9H,1-3,6-7H2,(H,16,17,18). The Kier molecular flexibility index (Phi) is 3.65. The maximum atomic E-state index is 11.5. The molecule has 1 aromatic rings. The minimum absolute atomic E-state index is 0.107. The van der Waals surface area contributed by atoms with Crippen LogP contribution >= 0.6 is 15.9 Å². The molecule has 0 saturated carbocycles. The molecule has 0 aliphatic carbocycles. The Morgan fingerprint density at radius 2 is 1.80 bits per heavy atom. The van der Waals surface area contributed by atoms with Crippen LogP contribution in [-0.2, 0) is 9.59 Å². The number of carbonyl (C=O) groups is 2. The van der Waals surface area contributed by atoms with Crippen LogP contribution in [0, 0.1) is 0 Å². The molecule has 20 heavy (non-hydrogen) atoms. The second kappa shape index (κ2) is 5.44. The van der Waals surface area contributed by atoms with Crippen molar-refractivity contribution in [3.8, 4) is 11.5 Å². The largest absolute Gasteiger partial charge is 0.490 e. The van der Waals surface area contributed by atoms with Crippen LogP contribution in [0.1, 0.15) is 30.7 Å². The Hall–Kier alpha value is -1.56. The Balaban J connectivity index is 1.94. The van der Waals surface area contributed by atoms with E-state index >= 15 is 0 Å². The van der Waals surface area contributed by atoms with Crippen molar-refractivity contribution in [2.24, 2.45) is 0 Å². The van der Waals surface area contributed by atoms with E-state index in [-0.39, 0.29) is 17.7 Å². The zero-order chi connectivity index (χ0) is 14.1. The zero-order valence-electron chi connectivity index (χ0n) is 10.8. The first kappa shape index (κ1) is 13.4. The lowest BCUT2D eigenvalue weighted by molar-refractivity contribution is -0.133. The van der Waals surface area contributed by atoms with Gasteiger partial charge in [-0.05, 0) is 33.6 Å². The van der Waals surface area contributed by atoms with Crippen LogP contribution in [0.25, 0.3) is 0 Å². The van der Waals surface area contributed by atoms with Gasteiger partial charge in [-0.25, -0.2) is 0 Å². The summed E-state index contributed by atoms with van der Waals surface area (Å²) in [6.07, 6.45) is 1.47. The van der Waals surface area contributed by atoms with Crippen molar-refractivity contribution in [1.82, 2.24) is 5.32 Å². The van der Waals surface area contributed by atoms with Gasteiger partial charge in [0.25, 0.3) is 0 Å². The molecule has 0 aromatic heterocycles. The highest BCUT2D eigenvalue weighted by Gasteiger charge is 2.28. The topological polar surface area (TPSA) is 64.6 Å². The Morgan fingerprint density at radius 1 is 1.10 bits per heavy atom. The van der Waals surface area contributed by atoms with Gasteiger partial charge < -0.3 is 9.47 Å². The van der Waals surface area contributed by atoms with Gasteiger partial charge >= 0.3 is 0 Å². The van der Waals surface area contributed by atoms with Crippen LogP contribution in [-0.4, -0.2) is 25.0 Å². The number of hydrogen-bond acceptors (Lipinski definition) is 4. The molecule has 0 radical (unpaired) electrons. The summed E-state index contributed by atoms with van der Waals surface area (Å²) >= 11 is 3.47. The highest BCUT2D eigenvalue weighted by Crippen LogP contribution is 2.41. The normalized spacial score (nSPS) is 19.4. The molecule has 2 aliphatic rings. The quantitative estimate of drug-likeness (QED) is 0.796. The van der Waals surface area contributed by atoms with Crippen LogP contribution < -0.4 is 14.8 Å². The van der Waals surface area contributed by atoms with Crippen molar-refractivity contribution in [3.63, 3.8) is 0 Å². The van der Waals surface area contributed by atoms with Crippen molar-refractivity contribution in [2.45, 2.75) is 25.2 Å². The maximum absolute atomic E-state index is 11.5. The highest BCUT2D eigenvalue weighted by atomic mass is 79.9. The number of piperidine rings is 1. The summed E-state index contributed by atoms with van der Waals surface area (Å²) in [4.78, 5) is 23.0. The smallest absolute Gasteiger partial charge is 0.227 e. The summed E-state index contributed by atoms with van der Waals surface area (Å²) in [5.74, 6) is 0.803.